The maximum Gasteiger partial charge on any atom is 0.295 e. The third-order valence-corrected chi connectivity index (χ3v) is 3.20. The van der Waals surface area contributed by atoms with Gasteiger partial charge in [-0.1, -0.05) is 6.07 Å². The molecule has 1 heterocycles. The number of nitrogens with zero attached hydrogens (tertiary/aromatic N) is 1. The van der Waals surface area contributed by atoms with E-state index in [9.17, 15) is 14.5 Å². The van der Waals surface area contributed by atoms with E-state index in [1.807, 2.05) is 12.3 Å². The summed E-state index contributed by atoms with van der Waals surface area (Å²) in [5.41, 5.74) is -0.416. The van der Waals surface area contributed by atoms with Crippen LogP contribution in [0.2, 0.25) is 0 Å². The van der Waals surface area contributed by atoms with Crippen molar-refractivity contribution in [1.29, 1.82) is 0 Å². The van der Waals surface area contributed by atoms with Crippen molar-refractivity contribution in [3.05, 3.63) is 57.8 Å². The predicted molar refractivity (Wildman–Crippen MR) is 76.3 cm³/mol. The molecule has 0 radical (unpaired) electrons. The van der Waals surface area contributed by atoms with Crippen LogP contribution in [0.1, 0.15) is 11.5 Å². The van der Waals surface area contributed by atoms with Crippen LogP contribution in [0.4, 0.5) is 15.8 Å². The van der Waals surface area contributed by atoms with Gasteiger partial charge in [-0.25, -0.2) is 4.39 Å². The second kappa shape index (κ2) is 6.42. The van der Waals surface area contributed by atoms with Gasteiger partial charge in [0, 0.05) is 6.07 Å². The van der Waals surface area contributed by atoms with Gasteiger partial charge in [-0.15, -0.1) is 0 Å². The molecule has 0 fully saturated rings. The van der Waals surface area contributed by atoms with Crippen LogP contribution < -0.4 is 5.32 Å². The van der Waals surface area contributed by atoms with Gasteiger partial charge in [0.15, 0.2) is 5.82 Å². The van der Waals surface area contributed by atoms with Crippen molar-refractivity contribution in [3.63, 3.8) is 0 Å². The third-order valence-electron chi connectivity index (χ3n) is 2.63. The highest BCUT2D eigenvalue weighted by atomic mass is 32.2. The molecule has 20 heavy (non-hydrogen) atoms. The van der Waals surface area contributed by atoms with Crippen LogP contribution in [0.5, 0.6) is 0 Å². The van der Waals surface area contributed by atoms with Crippen LogP contribution in [0.25, 0.3) is 0 Å². The minimum absolute atomic E-state index is 0.125. The monoisotopic (exact) mass is 296 g/mol. The van der Waals surface area contributed by atoms with E-state index in [1.54, 1.807) is 17.8 Å². The summed E-state index contributed by atoms with van der Waals surface area (Å²) in [5, 5.41) is 13.6. The van der Waals surface area contributed by atoms with E-state index < -0.39 is 10.7 Å². The molecule has 0 saturated carbocycles. The summed E-state index contributed by atoms with van der Waals surface area (Å²) < 4.78 is 19.1. The first-order valence-corrected chi connectivity index (χ1v) is 7.24. The molecule has 0 atom stereocenters. The highest BCUT2D eigenvalue weighted by Crippen LogP contribution is 2.27. The number of benzene rings is 1. The Bertz CT molecular complexity index is 615. The second-order valence-electron chi connectivity index (χ2n) is 4.05. The number of nitrogens with one attached hydrogen (secondary N) is 1. The Morgan fingerprint density at radius 1 is 1.35 bits per heavy atom. The molecule has 106 valence electrons. The van der Waals surface area contributed by atoms with E-state index in [4.69, 9.17) is 4.42 Å². The Hall–Kier alpha value is -2.02. The van der Waals surface area contributed by atoms with Crippen molar-refractivity contribution in [2.24, 2.45) is 0 Å². The lowest BCUT2D eigenvalue weighted by molar-refractivity contribution is -0.384. The van der Waals surface area contributed by atoms with E-state index in [-0.39, 0.29) is 17.9 Å². The normalized spacial score (nSPS) is 10.5. The molecule has 7 heteroatoms. The molecule has 0 aliphatic rings. The average Bonchev–Trinajstić information content (AvgIpc) is 2.85. The molecule has 0 aliphatic heterocycles. The Morgan fingerprint density at radius 3 is 2.80 bits per heavy atom. The average molecular weight is 296 g/mol. The van der Waals surface area contributed by atoms with Gasteiger partial charge < -0.3 is 9.73 Å². The van der Waals surface area contributed by atoms with Crippen molar-refractivity contribution in [2.45, 2.75) is 12.3 Å². The van der Waals surface area contributed by atoms with Gasteiger partial charge >= 0.3 is 0 Å². The number of hydrogen-bond donors (Lipinski definition) is 1. The molecular weight excluding hydrogens is 283 g/mol. The number of furan rings is 1. The van der Waals surface area contributed by atoms with Gasteiger partial charge in [-0.2, -0.15) is 11.8 Å². The minimum atomic E-state index is -0.657. The highest BCUT2D eigenvalue weighted by molar-refractivity contribution is 7.97. The van der Waals surface area contributed by atoms with Gasteiger partial charge in [0.2, 0.25) is 0 Å². The zero-order valence-electron chi connectivity index (χ0n) is 10.8. The number of nitro groups is 1. The fourth-order valence-electron chi connectivity index (χ4n) is 1.75. The number of para-hydroxylation sites is 1. The van der Waals surface area contributed by atoms with E-state index in [0.717, 1.165) is 11.5 Å². The van der Waals surface area contributed by atoms with E-state index in [2.05, 4.69) is 5.32 Å². The van der Waals surface area contributed by atoms with Crippen LogP contribution in [-0.2, 0) is 12.3 Å². The molecule has 0 amide bonds. The summed E-state index contributed by atoms with van der Waals surface area (Å²) in [6, 6.07) is 7.35. The van der Waals surface area contributed by atoms with Gasteiger partial charge in [-0.05, 0) is 24.5 Å². The van der Waals surface area contributed by atoms with Crippen molar-refractivity contribution in [2.75, 3.05) is 11.6 Å². The van der Waals surface area contributed by atoms with Crippen molar-refractivity contribution >= 4 is 23.1 Å². The first kappa shape index (κ1) is 14.4. The maximum atomic E-state index is 13.6. The van der Waals surface area contributed by atoms with E-state index in [0.29, 0.717) is 5.76 Å². The number of hydrogen-bond acceptors (Lipinski definition) is 5. The summed E-state index contributed by atoms with van der Waals surface area (Å²) in [6.45, 7) is 0.191. The zero-order valence-corrected chi connectivity index (χ0v) is 11.6. The zero-order chi connectivity index (χ0) is 14.5. The highest BCUT2D eigenvalue weighted by Gasteiger charge is 2.17. The number of rotatable bonds is 6. The summed E-state index contributed by atoms with van der Waals surface area (Å²) in [7, 11) is 0. The summed E-state index contributed by atoms with van der Waals surface area (Å²) >= 11 is 1.63. The molecule has 0 bridgehead atoms. The molecule has 1 aromatic heterocycles. The summed E-state index contributed by atoms with van der Waals surface area (Å²) in [6.07, 6.45) is 1.96. The van der Waals surface area contributed by atoms with Crippen molar-refractivity contribution in [1.82, 2.24) is 0 Å². The molecular formula is C13H13FN2O3S. The Labute approximate surface area is 119 Å². The quantitative estimate of drug-likeness (QED) is 0.648. The topological polar surface area (TPSA) is 68.3 Å². The van der Waals surface area contributed by atoms with Crippen LogP contribution in [0.15, 0.2) is 34.7 Å². The largest absolute Gasteiger partial charge is 0.463 e. The standard InChI is InChI=1S/C13H13FN2O3S/c1-20-8-10-6-5-9(19-10)7-15-13-11(14)3-2-4-12(13)16(17)18/h2-6,15H,7-8H2,1H3. The van der Waals surface area contributed by atoms with Crippen molar-refractivity contribution in [3.8, 4) is 0 Å². The Balaban J connectivity index is 2.12. The molecule has 2 rings (SSSR count). The lowest BCUT2D eigenvalue weighted by Gasteiger charge is -2.06. The second-order valence-corrected chi connectivity index (χ2v) is 4.91. The minimum Gasteiger partial charge on any atom is -0.463 e. The van der Waals surface area contributed by atoms with Crippen LogP contribution >= 0.6 is 11.8 Å². The smallest absolute Gasteiger partial charge is 0.295 e. The van der Waals surface area contributed by atoms with Gasteiger partial charge in [0.05, 0.1) is 17.2 Å². The molecule has 0 aliphatic carbocycles. The molecule has 0 spiro atoms. The summed E-state index contributed by atoms with van der Waals surface area (Å²) in [4.78, 5) is 10.2. The Kier molecular flexibility index (Phi) is 4.62. The lowest BCUT2D eigenvalue weighted by atomic mass is 10.2. The Morgan fingerprint density at radius 2 is 2.10 bits per heavy atom. The van der Waals surface area contributed by atoms with Crippen molar-refractivity contribution < 1.29 is 13.7 Å². The number of nitro benzene ring substituents is 1. The van der Waals surface area contributed by atoms with Crippen LogP contribution in [-0.4, -0.2) is 11.2 Å². The first-order chi connectivity index (χ1) is 9.61. The predicted octanol–water partition coefficient (Wildman–Crippen LogP) is 3.80. The van der Waals surface area contributed by atoms with Crippen LogP contribution in [0, 0.1) is 15.9 Å². The van der Waals surface area contributed by atoms with Gasteiger partial charge in [-0.3, -0.25) is 10.1 Å². The first-order valence-electron chi connectivity index (χ1n) is 5.85. The summed E-state index contributed by atoms with van der Waals surface area (Å²) in [5.74, 6) is 1.51. The SMILES string of the molecule is CSCc1ccc(CNc2c(F)cccc2[N+](=O)[O-])o1. The molecule has 5 nitrogen and oxygen atoms in total. The number of anilines is 1. The number of thioether (sulfide) groups is 1. The fraction of sp³-hybridized carbons (Fsp3) is 0.231. The van der Waals surface area contributed by atoms with E-state index in [1.165, 1.54) is 18.2 Å². The fourth-order valence-corrected chi connectivity index (χ4v) is 2.19. The molecule has 0 saturated heterocycles. The maximum absolute atomic E-state index is 13.6. The van der Waals surface area contributed by atoms with Crippen LogP contribution in [0.3, 0.4) is 0 Å². The van der Waals surface area contributed by atoms with Gasteiger partial charge in [0.25, 0.3) is 5.69 Å². The lowest BCUT2D eigenvalue weighted by Crippen LogP contribution is -2.04. The third kappa shape index (κ3) is 3.30. The molecule has 1 N–H and O–H groups in total. The molecule has 2 aromatic rings. The molecule has 1 aromatic carbocycles. The number of halogens is 1. The van der Waals surface area contributed by atoms with Gasteiger partial charge in [0.1, 0.15) is 17.2 Å². The molecule has 0 unspecified atom stereocenters. The van der Waals surface area contributed by atoms with E-state index >= 15 is 0 Å².